The zero-order chi connectivity index (χ0) is 18.8. The van der Waals surface area contributed by atoms with Crippen molar-refractivity contribution >= 4 is 5.91 Å². The first kappa shape index (κ1) is 19.9. The van der Waals surface area contributed by atoms with Crippen LogP contribution in [0.15, 0.2) is 48.8 Å². The molecule has 140 valence electrons. The second-order valence-corrected chi connectivity index (χ2v) is 6.50. The molecule has 2 aromatic rings. The molecule has 1 atom stereocenters. The summed E-state index contributed by atoms with van der Waals surface area (Å²) in [7, 11) is 4.05. The summed E-state index contributed by atoms with van der Waals surface area (Å²) in [6, 6.07) is 12.2. The first-order valence-corrected chi connectivity index (χ1v) is 9.15. The SMILES string of the molecule is CCOc1ccc(C(CNC(=O)CCCc2cccnc2)N(C)C)cc1. The van der Waals surface area contributed by atoms with Gasteiger partial charge in [0.2, 0.25) is 5.91 Å². The topological polar surface area (TPSA) is 54.5 Å². The fourth-order valence-corrected chi connectivity index (χ4v) is 2.85. The Bertz CT molecular complexity index is 657. The summed E-state index contributed by atoms with van der Waals surface area (Å²) in [4.78, 5) is 18.4. The summed E-state index contributed by atoms with van der Waals surface area (Å²) in [6.45, 7) is 3.22. The normalized spacial score (nSPS) is 12.0. The molecule has 0 bridgehead atoms. The number of aromatic nitrogens is 1. The molecular formula is C21H29N3O2. The minimum Gasteiger partial charge on any atom is -0.494 e. The molecule has 0 fully saturated rings. The van der Waals surface area contributed by atoms with Crippen LogP contribution in [0.2, 0.25) is 0 Å². The van der Waals surface area contributed by atoms with Crippen molar-refractivity contribution < 1.29 is 9.53 Å². The number of aryl methyl sites for hydroxylation is 1. The maximum atomic E-state index is 12.2. The van der Waals surface area contributed by atoms with Gasteiger partial charge in [0.15, 0.2) is 0 Å². The number of carbonyl (C=O) groups excluding carboxylic acids is 1. The third-order valence-corrected chi connectivity index (χ3v) is 4.28. The minimum absolute atomic E-state index is 0.0895. The van der Waals surface area contributed by atoms with Crippen molar-refractivity contribution in [3.63, 3.8) is 0 Å². The van der Waals surface area contributed by atoms with E-state index < -0.39 is 0 Å². The second-order valence-electron chi connectivity index (χ2n) is 6.50. The summed E-state index contributed by atoms with van der Waals surface area (Å²) < 4.78 is 5.49. The van der Waals surface area contributed by atoms with Crippen LogP contribution in [0.25, 0.3) is 0 Å². The Morgan fingerprint density at radius 1 is 1.23 bits per heavy atom. The number of carbonyl (C=O) groups is 1. The van der Waals surface area contributed by atoms with Gasteiger partial charge in [-0.05, 0) is 63.2 Å². The van der Waals surface area contributed by atoms with E-state index in [0.29, 0.717) is 19.6 Å². The van der Waals surface area contributed by atoms with Crippen molar-refractivity contribution in [2.24, 2.45) is 0 Å². The molecular weight excluding hydrogens is 326 g/mol. The third-order valence-electron chi connectivity index (χ3n) is 4.28. The summed E-state index contributed by atoms with van der Waals surface area (Å²) in [6.07, 6.45) is 5.84. The van der Waals surface area contributed by atoms with Gasteiger partial charge in [-0.1, -0.05) is 18.2 Å². The summed E-state index contributed by atoms with van der Waals surface area (Å²) in [5, 5.41) is 3.06. The Balaban J connectivity index is 1.80. The van der Waals surface area contributed by atoms with Gasteiger partial charge in [0.05, 0.1) is 12.6 Å². The quantitative estimate of drug-likeness (QED) is 0.711. The molecule has 0 radical (unpaired) electrons. The highest BCUT2D eigenvalue weighted by molar-refractivity contribution is 5.75. The Kier molecular flexibility index (Phi) is 8.09. The lowest BCUT2D eigenvalue weighted by Gasteiger charge is -2.25. The molecule has 1 heterocycles. The number of ether oxygens (including phenoxy) is 1. The zero-order valence-corrected chi connectivity index (χ0v) is 15.9. The summed E-state index contributed by atoms with van der Waals surface area (Å²) in [5.74, 6) is 0.958. The number of likely N-dealkylation sites (N-methyl/N-ethyl adjacent to an activating group) is 1. The average Bonchev–Trinajstić information content (AvgIpc) is 2.64. The number of amides is 1. The molecule has 0 saturated heterocycles. The molecule has 26 heavy (non-hydrogen) atoms. The van der Waals surface area contributed by atoms with Crippen molar-refractivity contribution in [1.82, 2.24) is 15.2 Å². The molecule has 1 amide bonds. The monoisotopic (exact) mass is 355 g/mol. The fourth-order valence-electron chi connectivity index (χ4n) is 2.85. The van der Waals surface area contributed by atoms with Crippen molar-refractivity contribution in [3.05, 3.63) is 59.9 Å². The van der Waals surface area contributed by atoms with Gasteiger partial charge in [-0.3, -0.25) is 9.78 Å². The lowest BCUT2D eigenvalue weighted by molar-refractivity contribution is -0.121. The van der Waals surface area contributed by atoms with Crippen molar-refractivity contribution in [2.45, 2.75) is 32.2 Å². The Morgan fingerprint density at radius 3 is 2.62 bits per heavy atom. The maximum Gasteiger partial charge on any atom is 0.220 e. The second kappa shape index (κ2) is 10.6. The molecule has 1 aromatic carbocycles. The maximum absolute atomic E-state index is 12.2. The van der Waals surface area contributed by atoms with Crippen LogP contribution in [0.5, 0.6) is 5.75 Å². The zero-order valence-electron chi connectivity index (χ0n) is 15.9. The molecule has 0 aliphatic carbocycles. The molecule has 1 N–H and O–H groups in total. The summed E-state index contributed by atoms with van der Waals surface area (Å²) in [5.41, 5.74) is 2.33. The van der Waals surface area contributed by atoms with Crippen LogP contribution < -0.4 is 10.1 Å². The van der Waals surface area contributed by atoms with E-state index in [0.717, 1.165) is 24.2 Å². The van der Waals surface area contributed by atoms with E-state index in [1.807, 2.05) is 51.5 Å². The molecule has 5 nitrogen and oxygen atoms in total. The molecule has 2 rings (SSSR count). The van der Waals surface area contributed by atoms with Gasteiger partial charge in [-0.2, -0.15) is 0 Å². The molecule has 0 aliphatic heterocycles. The van der Waals surface area contributed by atoms with Crippen molar-refractivity contribution in [2.75, 3.05) is 27.2 Å². The van der Waals surface area contributed by atoms with E-state index in [4.69, 9.17) is 4.74 Å². The lowest BCUT2D eigenvalue weighted by atomic mass is 10.1. The van der Waals surface area contributed by atoms with E-state index in [1.165, 1.54) is 5.56 Å². The number of hydrogen-bond donors (Lipinski definition) is 1. The largest absolute Gasteiger partial charge is 0.494 e. The van der Waals surface area contributed by atoms with Gasteiger partial charge in [-0.25, -0.2) is 0 Å². The van der Waals surface area contributed by atoms with Gasteiger partial charge in [0.25, 0.3) is 0 Å². The fraction of sp³-hybridized carbons (Fsp3) is 0.429. The van der Waals surface area contributed by atoms with E-state index in [1.54, 1.807) is 6.20 Å². The van der Waals surface area contributed by atoms with Crippen LogP contribution >= 0.6 is 0 Å². The average molecular weight is 355 g/mol. The molecule has 5 heteroatoms. The van der Waals surface area contributed by atoms with Crippen LogP contribution in [-0.4, -0.2) is 43.0 Å². The first-order valence-electron chi connectivity index (χ1n) is 9.15. The van der Waals surface area contributed by atoms with Crippen LogP contribution in [0.3, 0.4) is 0 Å². The third kappa shape index (κ3) is 6.48. The van der Waals surface area contributed by atoms with Gasteiger partial charge < -0.3 is 15.0 Å². The number of pyridine rings is 1. The van der Waals surface area contributed by atoms with E-state index in [-0.39, 0.29) is 11.9 Å². The van der Waals surface area contributed by atoms with Crippen LogP contribution in [0, 0.1) is 0 Å². The van der Waals surface area contributed by atoms with Gasteiger partial charge >= 0.3 is 0 Å². The smallest absolute Gasteiger partial charge is 0.220 e. The number of nitrogens with zero attached hydrogens (tertiary/aromatic N) is 2. The highest BCUT2D eigenvalue weighted by Crippen LogP contribution is 2.21. The highest BCUT2D eigenvalue weighted by Gasteiger charge is 2.15. The van der Waals surface area contributed by atoms with Crippen LogP contribution in [0.4, 0.5) is 0 Å². The minimum atomic E-state index is 0.0895. The molecule has 1 unspecified atom stereocenters. The van der Waals surface area contributed by atoms with Crippen molar-refractivity contribution in [3.8, 4) is 5.75 Å². The number of nitrogens with one attached hydrogen (secondary N) is 1. The van der Waals surface area contributed by atoms with Crippen LogP contribution in [0.1, 0.15) is 36.9 Å². The van der Waals surface area contributed by atoms with E-state index >= 15 is 0 Å². The Morgan fingerprint density at radius 2 is 2.00 bits per heavy atom. The first-order chi connectivity index (χ1) is 12.6. The number of rotatable bonds is 10. The molecule has 1 aromatic heterocycles. The highest BCUT2D eigenvalue weighted by atomic mass is 16.5. The number of hydrogen-bond acceptors (Lipinski definition) is 4. The van der Waals surface area contributed by atoms with Crippen molar-refractivity contribution in [1.29, 1.82) is 0 Å². The molecule has 0 aliphatic rings. The Hall–Kier alpha value is -2.40. The summed E-state index contributed by atoms with van der Waals surface area (Å²) >= 11 is 0. The number of benzene rings is 1. The van der Waals surface area contributed by atoms with Crippen LogP contribution in [-0.2, 0) is 11.2 Å². The van der Waals surface area contributed by atoms with Gasteiger partial charge in [0, 0.05) is 25.4 Å². The van der Waals surface area contributed by atoms with E-state index in [2.05, 4.69) is 27.3 Å². The van der Waals surface area contributed by atoms with E-state index in [9.17, 15) is 4.79 Å². The molecule has 0 spiro atoms. The molecule has 0 saturated carbocycles. The van der Waals surface area contributed by atoms with Gasteiger partial charge in [-0.15, -0.1) is 0 Å². The van der Waals surface area contributed by atoms with Gasteiger partial charge in [0.1, 0.15) is 5.75 Å². The lowest BCUT2D eigenvalue weighted by Crippen LogP contribution is -2.34. The standard InChI is InChI=1S/C21H29N3O2/c1-4-26-19-12-10-18(11-13-19)20(24(2)3)16-23-21(25)9-5-7-17-8-6-14-22-15-17/h6,8,10-15,20H,4-5,7,9,16H2,1-3H3,(H,23,25). The Labute approximate surface area is 156 Å². The predicted octanol–water partition coefficient (Wildman–Crippen LogP) is 3.22. The predicted molar refractivity (Wildman–Crippen MR) is 104 cm³/mol.